The molecular weight excluding hydrogens is 434 g/mol. The molecule has 3 N–H and O–H groups in total. The van der Waals surface area contributed by atoms with Crippen LogP contribution in [-0.4, -0.2) is 34.9 Å². The van der Waals surface area contributed by atoms with E-state index < -0.39 is 12.1 Å². The molecule has 0 spiro atoms. The van der Waals surface area contributed by atoms with Gasteiger partial charge in [0.15, 0.2) is 0 Å². The molecule has 35 heavy (non-hydrogen) atoms. The van der Waals surface area contributed by atoms with Gasteiger partial charge in [0.2, 0.25) is 5.91 Å². The van der Waals surface area contributed by atoms with Crippen molar-refractivity contribution in [3.8, 4) is 0 Å². The molecule has 0 aromatic rings. The van der Waals surface area contributed by atoms with Gasteiger partial charge in [-0.15, -0.1) is 0 Å². The Bertz CT molecular complexity index is 541. The summed E-state index contributed by atoms with van der Waals surface area (Å²) in [5.74, 6) is -0.0858. The summed E-state index contributed by atoms with van der Waals surface area (Å²) in [6, 6.07) is -0.637. The summed E-state index contributed by atoms with van der Waals surface area (Å²) < 4.78 is 0. The summed E-state index contributed by atoms with van der Waals surface area (Å²) in [5.41, 5.74) is 0. The SMILES string of the molecule is CCCCCC/C=C/CC/C=C/CC/C=C/C(O)C(CO)NC(=O)CCCCCCCCCCC. The molecule has 0 aromatic heterocycles. The van der Waals surface area contributed by atoms with Crippen LogP contribution in [0.1, 0.15) is 136 Å². The molecule has 2 unspecified atom stereocenters. The van der Waals surface area contributed by atoms with E-state index >= 15 is 0 Å². The summed E-state index contributed by atoms with van der Waals surface area (Å²) in [4.78, 5) is 12.2. The predicted molar refractivity (Wildman–Crippen MR) is 152 cm³/mol. The first-order valence-corrected chi connectivity index (χ1v) is 14.7. The molecule has 0 aliphatic heterocycles. The molecule has 1 amide bonds. The summed E-state index contributed by atoms with van der Waals surface area (Å²) in [6.45, 7) is 4.21. The Kier molecular flexibility index (Phi) is 26.1. The lowest BCUT2D eigenvalue weighted by atomic mass is 10.1. The number of hydrogen-bond acceptors (Lipinski definition) is 3. The second kappa shape index (κ2) is 27.2. The van der Waals surface area contributed by atoms with Crippen LogP contribution in [0.25, 0.3) is 0 Å². The smallest absolute Gasteiger partial charge is 0.220 e. The molecule has 4 nitrogen and oxygen atoms in total. The van der Waals surface area contributed by atoms with Crippen molar-refractivity contribution in [1.82, 2.24) is 5.32 Å². The van der Waals surface area contributed by atoms with Gasteiger partial charge in [-0.1, -0.05) is 121 Å². The molecule has 4 heteroatoms. The number of hydrogen-bond donors (Lipinski definition) is 3. The van der Waals surface area contributed by atoms with Crippen LogP contribution in [0.15, 0.2) is 36.5 Å². The van der Waals surface area contributed by atoms with Crippen LogP contribution in [-0.2, 0) is 4.79 Å². The lowest BCUT2D eigenvalue weighted by molar-refractivity contribution is -0.123. The van der Waals surface area contributed by atoms with Gasteiger partial charge < -0.3 is 15.5 Å². The normalized spacial score (nSPS) is 13.8. The Morgan fingerprint density at radius 3 is 1.66 bits per heavy atom. The number of allylic oxidation sites excluding steroid dienone is 5. The van der Waals surface area contributed by atoms with E-state index in [9.17, 15) is 15.0 Å². The zero-order valence-corrected chi connectivity index (χ0v) is 23.1. The number of aliphatic hydroxyl groups excluding tert-OH is 2. The third kappa shape index (κ3) is 24.1. The van der Waals surface area contributed by atoms with Crippen molar-refractivity contribution in [2.45, 2.75) is 148 Å². The average Bonchev–Trinajstić information content (AvgIpc) is 2.86. The monoisotopic (exact) mass is 491 g/mol. The Balaban J connectivity index is 3.81. The van der Waals surface area contributed by atoms with Crippen LogP contribution >= 0.6 is 0 Å². The summed E-state index contributed by atoms with van der Waals surface area (Å²) >= 11 is 0. The van der Waals surface area contributed by atoms with Gasteiger partial charge in [0.1, 0.15) is 0 Å². The third-order valence-corrected chi connectivity index (χ3v) is 6.35. The average molecular weight is 492 g/mol. The largest absolute Gasteiger partial charge is 0.394 e. The standard InChI is InChI=1S/C31H57NO3/c1-3-5-7-9-11-13-14-15-16-17-19-20-22-24-26-30(34)29(28-33)32-31(35)27-25-23-21-18-12-10-8-6-4-2/h13-14,17,19,24,26,29-30,33-34H,3-12,15-16,18,20-23,25,27-28H2,1-2H3,(H,32,35)/b14-13+,19-17+,26-24+. The molecule has 0 aliphatic carbocycles. The van der Waals surface area contributed by atoms with Gasteiger partial charge in [-0.25, -0.2) is 0 Å². The lowest BCUT2D eigenvalue weighted by Gasteiger charge is -2.19. The van der Waals surface area contributed by atoms with Gasteiger partial charge in [0.25, 0.3) is 0 Å². The minimum absolute atomic E-state index is 0.0858. The third-order valence-electron chi connectivity index (χ3n) is 6.35. The molecule has 0 rings (SSSR count). The van der Waals surface area contributed by atoms with Crippen LogP contribution in [0.5, 0.6) is 0 Å². The van der Waals surface area contributed by atoms with E-state index in [0.29, 0.717) is 6.42 Å². The fourth-order valence-electron chi connectivity index (χ4n) is 4.03. The number of rotatable bonds is 25. The van der Waals surface area contributed by atoms with E-state index in [4.69, 9.17) is 0 Å². The molecular formula is C31H57NO3. The van der Waals surface area contributed by atoms with E-state index in [-0.39, 0.29) is 12.5 Å². The van der Waals surface area contributed by atoms with Crippen LogP contribution in [0.2, 0.25) is 0 Å². The predicted octanol–water partition coefficient (Wildman–Crippen LogP) is 7.94. The zero-order valence-electron chi connectivity index (χ0n) is 23.1. The van der Waals surface area contributed by atoms with E-state index in [2.05, 4.69) is 43.5 Å². The molecule has 0 saturated carbocycles. The minimum Gasteiger partial charge on any atom is -0.394 e. The molecule has 0 heterocycles. The Hall–Kier alpha value is -1.39. The van der Waals surface area contributed by atoms with E-state index in [1.807, 2.05) is 6.08 Å². The maximum atomic E-state index is 12.2. The Morgan fingerprint density at radius 1 is 0.657 bits per heavy atom. The topological polar surface area (TPSA) is 69.6 Å². The number of unbranched alkanes of at least 4 members (excludes halogenated alkanes) is 14. The minimum atomic E-state index is -0.862. The van der Waals surface area contributed by atoms with Crippen LogP contribution in [0.4, 0.5) is 0 Å². The van der Waals surface area contributed by atoms with Crippen molar-refractivity contribution in [2.75, 3.05) is 6.61 Å². The van der Waals surface area contributed by atoms with Gasteiger partial charge in [0, 0.05) is 6.42 Å². The Morgan fingerprint density at radius 2 is 1.11 bits per heavy atom. The van der Waals surface area contributed by atoms with Gasteiger partial charge in [0.05, 0.1) is 18.8 Å². The highest BCUT2D eigenvalue weighted by atomic mass is 16.3. The first kappa shape index (κ1) is 33.6. The second-order valence-corrected chi connectivity index (χ2v) is 9.80. The zero-order chi connectivity index (χ0) is 25.8. The van der Waals surface area contributed by atoms with Crippen molar-refractivity contribution in [3.63, 3.8) is 0 Å². The van der Waals surface area contributed by atoms with Crippen molar-refractivity contribution >= 4 is 5.91 Å². The fraction of sp³-hybridized carbons (Fsp3) is 0.774. The summed E-state index contributed by atoms with van der Waals surface area (Å²) in [6.07, 6.45) is 33.6. The molecule has 204 valence electrons. The van der Waals surface area contributed by atoms with Gasteiger partial charge in [-0.05, 0) is 44.9 Å². The van der Waals surface area contributed by atoms with Crippen molar-refractivity contribution in [3.05, 3.63) is 36.5 Å². The highest BCUT2D eigenvalue weighted by Crippen LogP contribution is 2.11. The van der Waals surface area contributed by atoms with E-state index in [1.165, 1.54) is 77.0 Å². The number of carbonyl (C=O) groups is 1. The highest BCUT2D eigenvalue weighted by Gasteiger charge is 2.17. The van der Waals surface area contributed by atoms with E-state index in [1.54, 1.807) is 6.08 Å². The van der Waals surface area contributed by atoms with Gasteiger partial charge in [-0.3, -0.25) is 4.79 Å². The maximum absolute atomic E-state index is 12.2. The van der Waals surface area contributed by atoms with Crippen molar-refractivity contribution in [2.24, 2.45) is 0 Å². The molecule has 2 atom stereocenters. The summed E-state index contributed by atoms with van der Waals surface area (Å²) in [5, 5.41) is 22.6. The quantitative estimate of drug-likeness (QED) is 0.0896. The number of amides is 1. The van der Waals surface area contributed by atoms with Crippen molar-refractivity contribution in [1.29, 1.82) is 0 Å². The molecule has 0 saturated heterocycles. The maximum Gasteiger partial charge on any atom is 0.220 e. The van der Waals surface area contributed by atoms with Crippen LogP contribution < -0.4 is 5.32 Å². The number of carbonyl (C=O) groups excluding carboxylic acids is 1. The van der Waals surface area contributed by atoms with Crippen LogP contribution in [0, 0.1) is 0 Å². The number of aliphatic hydroxyl groups is 2. The lowest BCUT2D eigenvalue weighted by Crippen LogP contribution is -2.45. The van der Waals surface area contributed by atoms with Crippen molar-refractivity contribution < 1.29 is 15.0 Å². The molecule has 0 radical (unpaired) electrons. The molecule has 0 fully saturated rings. The molecule has 0 bridgehead atoms. The Labute approximate surface area is 217 Å². The number of nitrogens with one attached hydrogen (secondary N) is 1. The van der Waals surface area contributed by atoms with Gasteiger partial charge in [-0.2, -0.15) is 0 Å². The first-order chi connectivity index (χ1) is 17.2. The van der Waals surface area contributed by atoms with E-state index in [0.717, 1.165) is 38.5 Å². The summed E-state index contributed by atoms with van der Waals surface area (Å²) in [7, 11) is 0. The first-order valence-electron chi connectivity index (χ1n) is 14.7. The highest BCUT2D eigenvalue weighted by molar-refractivity contribution is 5.76. The molecule has 0 aliphatic rings. The van der Waals surface area contributed by atoms with Crippen LogP contribution in [0.3, 0.4) is 0 Å². The fourth-order valence-corrected chi connectivity index (χ4v) is 4.03. The molecule has 0 aromatic carbocycles. The second-order valence-electron chi connectivity index (χ2n) is 9.80. The van der Waals surface area contributed by atoms with Gasteiger partial charge >= 0.3 is 0 Å².